The van der Waals surface area contributed by atoms with E-state index in [0.29, 0.717) is 34.1 Å². The van der Waals surface area contributed by atoms with E-state index in [4.69, 9.17) is 21.1 Å². The maximum Gasteiger partial charge on any atom is 0.416 e. The number of ether oxygens (including phenoxy) is 2. The summed E-state index contributed by atoms with van der Waals surface area (Å²) in [5, 5.41) is 12.5. The first kappa shape index (κ1) is 27.4. The molecule has 0 aliphatic rings. The van der Waals surface area contributed by atoms with Gasteiger partial charge in [-0.25, -0.2) is 0 Å². The van der Waals surface area contributed by atoms with E-state index < -0.39 is 17.6 Å². The Labute approximate surface area is 217 Å². The first-order valence-electron chi connectivity index (χ1n) is 10.9. The van der Waals surface area contributed by atoms with Crippen molar-refractivity contribution in [2.45, 2.75) is 19.2 Å². The number of nitrogens with zero attached hydrogens (tertiary/aromatic N) is 1. The normalized spacial score (nSPS) is 11.4. The summed E-state index contributed by atoms with van der Waals surface area (Å²) in [4.78, 5) is 12.7. The van der Waals surface area contributed by atoms with Gasteiger partial charge in [-0.2, -0.15) is 18.4 Å². The largest absolute Gasteiger partial charge is 0.493 e. The zero-order valence-electron chi connectivity index (χ0n) is 19.7. The summed E-state index contributed by atoms with van der Waals surface area (Å²) >= 11 is 5.93. The average Bonchev–Trinajstić information content (AvgIpc) is 2.87. The number of rotatable bonds is 9. The van der Waals surface area contributed by atoms with Crippen LogP contribution in [0.1, 0.15) is 22.3 Å². The predicted molar refractivity (Wildman–Crippen MR) is 136 cm³/mol. The molecule has 0 aliphatic heterocycles. The Balaban J connectivity index is 1.89. The van der Waals surface area contributed by atoms with E-state index >= 15 is 0 Å². The van der Waals surface area contributed by atoms with Crippen LogP contribution in [-0.2, 0) is 24.0 Å². The minimum Gasteiger partial charge on any atom is -0.493 e. The molecule has 1 N–H and O–H groups in total. The molecule has 0 fully saturated rings. The van der Waals surface area contributed by atoms with Crippen LogP contribution < -0.4 is 14.8 Å². The van der Waals surface area contributed by atoms with E-state index in [0.717, 1.165) is 17.7 Å². The van der Waals surface area contributed by atoms with Crippen LogP contribution in [0.3, 0.4) is 0 Å². The first-order chi connectivity index (χ1) is 17.6. The minimum absolute atomic E-state index is 0.0863. The van der Waals surface area contributed by atoms with Crippen LogP contribution in [0.2, 0.25) is 5.02 Å². The van der Waals surface area contributed by atoms with Gasteiger partial charge in [0.25, 0.3) is 5.91 Å². The van der Waals surface area contributed by atoms with Crippen LogP contribution in [0.25, 0.3) is 6.08 Å². The fourth-order valence-electron chi connectivity index (χ4n) is 3.41. The Morgan fingerprint density at radius 3 is 2.51 bits per heavy atom. The van der Waals surface area contributed by atoms with Gasteiger partial charge in [-0.1, -0.05) is 35.9 Å². The molecule has 3 rings (SSSR count). The molecule has 0 saturated heterocycles. The van der Waals surface area contributed by atoms with Gasteiger partial charge in [-0.15, -0.1) is 6.58 Å². The molecule has 0 heterocycles. The number of halogens is 4. The van der Waals surface area contributed by atoms with Crippen LogP contribution >= 0.6 is 11.6 Å². The number of carbonyl (C=O) groups excluding carboxylic acids is 1. The summed E-state index contributed by atoms with van der Waals surface area (Å²) in [7, 11) is 1.46. The lowest BCUT2D eigenvalue weighted by atomic mass is 10.0. The number of nitrogens with one attached hydrogen (secondary N) is 1. The van der Waals surface area contributed by atoms with Gasteiger partial charge in [-0.3, -0.25) is 4.79 Å². The predicted octanol–water partition coefficient (Wildman–Crippen LogP) is 7.22. The van der Waals surface area contributed by atoms with Crippen LogP contribution in [0.5, 0.6) is 11.5 Å². The SMILES string of the molecule is C=CCc1cc(/C=C(\C#N)C(=O)Nc2cccc(C(F)(F)F)c2)cc(OC)c1OCc1ccc(Cl)cc1. The Morgan fingerprint density at radius 1 is 1.16 bits per heavy atom. The summed E-state index contributed by atoms with van der Waals surface area (Å²) < 4.78 is 50.4. The maximum absolute atomic E-state index is 13.0. The Bertz CT molecular complexity index is 1360. The second kappa shape index (κ2) is 12.2. The monoisotopic (exact) mass is 526 g/mol. The molecule has 1 amide bonds. The summed E-state index contributed by atoms with van der Waals surface area (Å²) in [5.41, 5.74) is 0.739. The summed E-state index contributed by atoms with van der Waals surface area (Å²) in [6.07, 6.45) is -1.17. The van der Waals surface area contributed by atoms with Gasteiger partial charge >= 0.3 is 6.18 Å². The fraction of sp³-hybridized carbons (Fsp3) is 0.143. The highest BCUT2D eigenvalue weighted by Crippen LogP contribution is 2.35. The van der Waals surface area contributed by atoms with E-state index in [1.807, 2.05) is 12.1 Å². The van der Waals surface area contributed by atoms with E-state index in [1.165, 1.54) is 25.3 Å². The lowest BCUT2D eigenvalue weighted by molar-refractivity contribution is -0.137. The molecule has 190 valence electrons. The second-order valence-electron chi connectivity index (χ2n) is 7.82. The average molecular weight is 527 g/mol. The second-order valence-corrected chi connectivity index (χ2v) is 8.26. The molecule has 0 saturated carbocycles. The smallest absolute Gasteiger partial charge is 0.416 e. The Hall–Kier alpha value is -4.22. The van der Waals surface area contributed by atoms with E-state index in [1.54, 1.807) is 36.4 Å². The van der Waals surface area contributed by atoms with Crippen LogP contribution in [-0.4, -0.2) is 13.0 Å². The van der Waals surface area contributed by atoms with Gasteiger partial charge in [0.15, 0.2) is 11.5 Å². The number of hydrogen-bond acceptors (Lipinski definition) is 4. The number of benzene rings is 3. The van der Waals surface area contributed by atoms with Crippen molar-refractivity contribution >= 4 is 29.3 Å². The van der Waals surface area contributed by atoms with Crippen molar-refractivity contribution in [3.8, 4) is 17.6 Å². The summed E-state index contributed by atoms with van der Waals surface area (Å²) in [5.74, 6) is -0.00862. The van der Waals surface area contributed by atoms with Gasteiger partial charge < -0.3 is 14.8 Å². The van der Waals surface area contributed by atoms with Crippen molar-refractivity contribution in [2.75, 3.05) is 12.4 Å². The standard InChI is InChI=1S/C28H22ClF3N2O3/c1-3-5-20-12-19(14-25(36-2)26(20)37-17-18-8-10-23(29)11-9-18)13-21(16-33)27(35)34-24-7-4-6-22(15-24)28(30,31)32/h3-4,6-15H,1,5,17H2,2H3,(H,34,35)/b21-13+. The number of methoxy groups -OCH3 is 1. The topological polar surface area (TPSA) is 71.4 Å². The Kier molecular flexibility index (Phi) is 8.99. The van der Waals surface area contributed by atoms with E-state index in [2.05, 4.69) is 11.9 Å². The van der Waals surface area contributed by atoms with Crippen molar-refractivity contribution in [1.82, 2.24) is 0 Å². The molecule has 0 atom stereocenters. The van der Waals surface area contributed by atoms with Gasteiger partial charge in [0.1, 0.15) is 18.2 Å². The highest BCUT2D eigenvalue weighted by atomic mass is 35.5. The van der Waals surface area contributed by atoms with Crippen LogP contribution in [0.15, 0.2) is 78.9 Å². The van der Waals surface area contributed by atoms with Crippen LogP contribution in [0.4, 0.5) is 18.9 Å². The molecule has 0 spiro atoms. The van der Waals surface area contributed by atoms with Crippen molar-refractivity contribution in [2.24, 2.45) is 0 Å². The number of anilines is 1. The van der Waals surface area contributed by atoms with Crippen LogP contribution in [0, 0.1) is 11.3 Å². The number of hydrogen-bond donors (Lipinski definition) is 1. The third-order valence-electron chi connectivity index (χ3n) is 5.16. The van der Waals surface area contributed by atoms with E-state index in [9.17, 15) is 23.2 Å². The van der Waals surface area contributed by atoms with Gasteiger partial charge in [0.05, 0.1) is 12.7 Å². The molecule has 37 heavy (non-hydrogen) atoms. The first-order valence-corrected chi connectivity index (χ1v) is 11.3. The third-order valence-corrected chi connectivity index (χ3v) is 5.41. The molecular weight excluding hydrogens is 505 g/mol. The molecule has 0 bridgehead atoms. The van der Waals surface area contributed by atoms with E-state index in [-0.39, 0.29) is 17.9 Å². The summed E-state index contributed by atoms with van der Waals surface area (Å²) in [6, 6.07) is 16.4. The van der Waals surface area contributed by atoms with Gasteiger partial charge in [-0.05, 0) is 66.1 Å². The van der Waals surface area contributed by atoms with Gasteiger partial charge in [0, 0.05) is 16.3 Å². The zero-order valence-corrected chi connectivity index (χ0v) is 20.5. The number of allylic oxidation sites excluding steroid dienone is 1. The number of amides is 1. The van der Waals surface area contributed by atoms with Crippen molar-refractivity contribution in [1.29, 1.82) is 5.26 Å². The summed E-state index contributed by atoms with van der Waals surface area (Å²) in [6.45, 7) is 4.01. The lowest BCUT2D eigenvalue weighted by Gasteiger charge is -2.16. The minimum atomic E-state index is -4.57. The molecule has 5 nitrogen and oxygen atoms in total. The molecule has 0 radical (unpaired) electrons. The Morgan fingerprint density at radius 2 is 1.89 bits per heavy atom. The molecule has 3 aromatic carbocycles. The molecule has 3 aromatic rings. The van der Waals surface area contributed by atoms with Gasteiger partial charge in [0.2, 0.25) is 0 Å². The van der Waals surface area contributed by atoms with Crippen molar-refractivity contribution in [3.05, 3.63) is 106 Å². The quantitative estimate of drug-likeness (QED) is 0.181. The molecule has 0 unspecified atom stereocenters. The highest BCUT2D eigenvalue weighted by molar-refractivity contribution is 6.30. The molecule has 9 heteroatoms. The number of alkyl halides is 3. The third kappa shape index (κ3) is 7.38. The zero-order chi connectivity index (χ0) is 27.0. The molecular formula is C28H22ClF3N2O3. The van der Waals surface area contributed by atoms with Crippen molar-refractivity contribution < 1.29 is 27.4 Å². The fourth-order valence-corrected chi connectivity index (χ4v) is 3.54. The molecule has 0 aliphatic carbocycles. The maximum atomic E-state index is 13.0. The number of nitriles is 1. The highest BCUT2D eigenvalue weighted by Gasteiger charge is 2.30. The van der Waals surface area contributed by atoms with Crippen molar-refractivity contribution in [3.63, 3.8) is 0 Å². The lowest BCUT2D eigenvalue weighted by Crippen LogP contribution is -2.14. The number of carbonyl (C=O) groups is 1. The molecule has 0 aromatic heterocycles.